The monoisotopic (exact) mass is 327 g/mol. The number of hydrogen-bond donors (Lipinski definition) is 1. The van der Waals surface area contributed by atoms with E-state index < -0.39 is 0 Å². The van der Waals surface area contributed by atoms with Crippen LogP contribution in [-0.2, 0) is 0 Å². The molecule has 0 bridgehead atoms. The summed E-state index contributed by atoms with van der Waals surface area (Å²) in [6.07, 6.45) is 3.62. The fourth-order valence-electron chi connectivity index (χ4n) is 3.35. The average molecular weight is 327 g/mol. The molecule has 1 aliphatic heterocycles. The van der Waals surface area contributed by atoms with Crippen LogP contribution in [0.2, 0.25) is 0 Å². The predicted octanol–water partition coefficient (Wildman–Crippen LogP) is 3.37. The molecule has 0 atom stereocenters. The number of nitrogens with zero attached hydrogens (tertiary/aromatic N) is 4. The highest BCUT2D eigenvalue weighted by molar-refractivity contribution is 5.90. The molecule has 0 radical (unpaired) electrons. The Balaban J connectivity index is 1.71. The molecule has 5 nitrogen and oxygen atoms in total. The van der Waals surface area contributed by atoms with Crippen molar-refractivity contribution >= 4 is 22.7 Å². The molecule has 1 aromatic heterocycles. The maximum Gasteiger partial charge on any atom is 0.225 e. The van der Waals surface area contributed by atoms with Gasteiger partial charge in [-0.05, 0) is 51.0 Å². The molecular weight excluding hydrogens is 298 g/mol. The zero-order valence-corrected chi connectivity index (χ0v) is 15.0. The lowest BCUT2D eigenvalue weighted by Gasteiger charge is -2.20. The van der Waals surface area contributed by atoms with Crippen molar-refractivity contribution in [1.29, 1.82) is 0 Å². The Bertz CT molecular complexity index is 647. The minimum absolute atomic E-state index is 0.759. The maximum absolute atomic E-state index is 4.83. The summed E-state index contributed by atoms with van der Waals surface area (Å²) in [7, 11) is 0. The highest BCUT2D eigenvalue weighted by Crippen LogP contribution is 2.27. The number of aromatic nitrogens is 2. The van der Waals surface area contributed by atoms with Gasteiger partial charge in [-0.1, -0.05) is 26.0 Å². The largest absolute Gasteiger partial charge is 0.356 e. The van der Waals surface area contributed by atoms with E-state index in [1.807, 2.05) is 6.07 Å². The van der Waals surface area contributed by atoms with Crippen LogP contribution < -0.4 is 10.2 Å². The Kier molecular flexibility index (Phi) is 5.86. The van der Waals surface area contributed by atoms with Crippen LogP contribution >= 0.6 is 0 Å². The van der Waals surface area contributed by atoms with E-state index >= 15 is 0 Å². The van der Waals surface area contributed by atoms with Crippen LogP contribution in [0.1, 0.15) is 33.1 Å². The highest BCUT2D eigenvalue weighted by atomic mass is 15.2. The molecule has 0 spiro atoms. The fraction of sp³-hybridized carbons (Fsp3) is 0.579. The third-order valence-electron chi connectivity index (χ3n) is 4.82. The van der Waals surface area contributed by atoms with Crippen LogP contribution in [0.15, 0.2) is 24.3 Å². The van der Waals surface area contributed by atoms with Gasteiger partial charge in [-0.3, -0.25) is 0 Å². The summed E-state index contributed by atoms with van der Waals surface area (Å²) in [5.41, 5.74) is 1.03. The molecule has 1 N–H and O–H groups in total. The molecule has 1 aliphatic rings. The van der Waals surface area contributed by atoms with Crippen LogP contribution in [0, 0.1) is 0 Å². The van der Waals surface area contributed by atoms with Crippen LogP contribution in [0.25, 0.3) is 10.9 Å². The minimum Gasteiger partial charge on any atom is -0.356 e. The van der Waals surface area contributed by atoms with Gasteiger partial charge >= 0.3 is 0 Å². The molecule has 2 heterocycles. The van der Waals surface area contributed by atoms with Crippen molar-refractivity contribution in [2.24, 2.45) is 0 Å². The van der Waals surface area contributed by atoms with Crippen molar-refractivity contribution < 1.29 is 0 Å². The van der Waals surface area contributed by atoms with Crippen molar-refractivity contribution in [3.8, 4) is 0 Å². The minimum atomic E-state index is 0.759. The van der Waals surface area contributed by atoms with Crippen LogP contribution in [0.5, 0.6) is 0 Å². The quantitative estimate of drug-likeness (QED) is 0.753. The standard InChI is InChI=1S/C19H29N5/c1-3-23(4-2)13-9-12-20-19-21-17-11-6-5-10-16(17)18(22-19)24-14-7-8-15-24/h5-6,10-11H,3-4,7-9,12-15H2,1-2H3,(H,20,21,22). The van der Waals surface area contributed by atoms with Gasteiger partial charge in [-0.2, -0.15) is 4.98 Å². The summed E-state index contributed by atoms with van der Waals surface area (Å²) in [6.45, 7) is 10.9. The van der Waals surface area contributed by atoms with E-state index in [9.17, 15) is 0 Å². The van der Waals surface area contributed by atoms with Gasteiger partial charge in [-0.25, -0.2) is 4.98 Å². The Hall–Kier alpha value is -1.88. The van der Waals surface area contributed by atoms with E-state index in [0.717, 1.165) is 68.4 Å². The van der Waals surface area contributed by atoms with E-state index in [0.29, 0.717) is 0 Å². The van der Waals surface area contributed by atoms with Crippen LogP contribution in [-0.4, -0.2) is 54.1 Å². The molecule has 0 aliphatic carbocycles. The Morgan fingerprint density at radius 1 is 1.08 bits per heavy atom. The zero-order valence-electron chi connectivity index (χ0n) is 15.0. The van der Waals surface area contributed by atoms with Crippen molar-refractivity contribution in [3.63, 3.8) is 0 Å². The molecule has 5 heteroatoms. The summed E-state index contributed by atoms with van der Waals surface area (Å²) in [5.74, 6) is 1.85. The zero-order chi connectivity index (χ0) is 16.8. The molecule has 1 fully saturated rings. The van der Waals surface area contributed by atoms with Gasteiger partial charge in [0.05, 0.1) is 5.52 Å². The maximum atomic E-state index is 4.83. The summed E-state index contributed by atoms with van der Waals surface area (Å²) < 4.78 is 0. The van der Waals surface area contributed by atoms with Gasteiger partial charge < -0.3 is 15.1 Å². The van der Waals surface area contributed by atoms with Gasteiger partial charge in [0.1, 0.15) is 5.82 Å². The summed E-state index contributed by atoms with van der Waals surface area (Å²) in [4.78, 5) is 14.4. The van der Waals surface area contributed by atoms with Gasteiger partial charge in [-0.15, -0.1) is 0 Å². The SMILES string of the molecule is CCN(CC)CCCNc1nc(N2CCCC2)c2ccccc2n1. The van der Waals surface area contributed by atoms with Gasteiger partial charge in [0, 0.05) is 25.0 Å². The third-order valence-corrected chi connectivity index (χ3v) is 4.82. The number of nitrogens with one attached hydrogen (secondary N) is 1. The number of hydrogen-bond acceptors (Lipinski definition) is 5. The van der Waals surface area contributed by atoms with Crippen molar-refractivity contribution in [1.82, 2.24) is 14.9 Å². The van der Waals surface area contributed by atoms with E-state index in [2.05, 4.69) is 47.2 Å². The molecule has 3 rings (SSSR count). The van der Waals surface area contributed by atoms with Gasteiger partial charge in [0.25, 0.3) is 0 Å². The predicted molar refractivity (Wildman–Crippen MR) is 102 cm³/mol. The van der Waals surface area contributed by atoms with E-state index in [4.69, 9.17) is 9.97 Å². The number of benzene rings is 1. The molecule has 0 saturated carbocycles. The Morgan fingerprint density at radius 2 is 1.83 bits per heavy atom. The average Bonchev–Trinajstić information content (AvgIpc) is 3.15. The van der Waals surface area contributed by atoms with E-state index in [-0.39, 0.29) is 0 Å². The van der Waals surface area contributed by atoms with Gasteiger partial charge in [0.2, 0.25) is 5.95 Å². The van der Waals surface area contributed by atoms with E-state index in [1.54, 1.807) is 0 Å². The van der Waals surface area contributed by atoms with Crippen molar-refractivity contribution in [2.75, 3.05) is 49.5 Å². The number of anilines is 2. The Labute approximate surface area is 145 Å². The van der Waals surface area contributed by atoms with Gasteiger partial charge in [0.15, 0.2) is 0 Å². The molecule has 24 heavy (non-hydrogen) atoms. The second-order valence-electron chi connectivity index (χ2n) is 6.39. The topological polar surface area (TPSA) is 44.3 Å². The smallest absolute Gasteiger partial charge is 0.225 e. The number of fused-ring (bicyclic) bond motifs is 1. The Morgan fingerprint density at radius 3 is 2.58 bits per heavy atom. The van der Waals surface area contributed by atoms with Crippen LogP contribution in [0.3, 0.4) is 0 Å². The lowest BCUT2D eigenvalue weighted by molar-refractivity contribution is 0.303. The summed E-state index contributed by atoms with van der Waals surface area (Å²) >= 11 is 0. The first-order chi connectivity index (χ1) is 11.8. The van der Waals surface area contributed by atoms with E-state index in [1.165, 1.54) is 12.8 Å². The molecular formula is C19H29N5. The first-order valence-electron chi connectivity index (χ1n) is 9.29. The molecule has 1 aromatic carbocycles. The molecule has 1 saturated heterocycles. The molecule has 2 aromatic rings. The van der Waals surface area contributed by atoms with Crippen LogP contribution in [0.4, 0.5) is 11.8 Å². The second-order valence-corrected chi connectivity index (χ2v) is 6.39. The normalized spacial score (nSPS) is 14.7. The highest BCUT2D eigenvalue weighted by Gasteiger charge is 2.17. The summed E-state index contributed by atoms with van der Waals surface area (Å²) in [6, 6.07) is 8.33. The third kappa shape index (κ3) is 3.96. The summed E-state index contributed by atoms with van der Waals surface area (Å²) in [5, 5.41) is 4.59. The number of para-hydroxylation sites is 1. The van der Waals surface area contributed by atoms with Crippen molar-refractivity contribution in [3.05, 3.63) is 24.3 Å². The second kappa shape index (κ2) is 8.29. The molecule has 130 valence electrons. The van der Waals surface area contributed by atoms with Crippen molar-refractivity contribution in [2.45, 2.75) is 33.1 Å². The molecule has 0 amide bonds. The fourth-order valence-corrected chi connectivity index (χ4v) is 3.35. The number of rotatable bonds is 8. The first-order valence-corrected chi connectivity index (χ1v) is 9.29. The lowest BCUT2D eigenvalue weighted by Crippen LogP contribution is -2.25. The molecule has 0 unspecified atom stereocenters. The first kappa shape index (κ1) is 17.0. The lowest BCUT2D eigenvalue weighted by atomic mass is 10.2.